The fourth-order valence-electron chi connectivity index (χ4n) is 10.5. The van der Waals surface area contributed by atoms with Crippen LogP contribution in [0.3, 0.4) is 0 Å². The fourth-order valence-corrected chi connectivity index (χ4v) is 10.5. The summed E-state index contributed by atoms with van der Waals surface area (Å²) in [7, 11) is 0. The molecule has 2 aliphatic heterocycles. The van der Waals surface area contributed by atoms with Gasteiger partial charge in [0.1, 0.15) is 0 Å². The van der Waals surface area contributed by atoms with Gasteiger partial charge in [-0.2, -0.15) is 0 Å². The van der Waals surface area contributed by atoms with Crippen LogP contribution in [0.15, 0.2) is 0 Å². The van der Waals surface area contributed by atoms with Crippen molar-refractivity contribution >= 4 is 23.9 Å². The Morgan fingerprint density at radius 3 is 0.873 bits per heavy atom. The molecule has 0 spiro atoms. The summed E-state index contributed by atoms with van der Waals surface area (Å²) >= 11 is 0. The number of piperidine rings is 2. The Hall–Kier alpha value is -1.79. The normalized spacial score (nSPS) is 19.6. The average Bonchev–Trinajstić information content (AvgIpc) is 3.13. The van der Waals surface area contributed by atoms with E-state index in [9.17, 15) is 29.4 Å². The van der Waals surface area contributed by atoms with Crippen molar-refractivity contribution in [3.63, 3.8) is 0 Å². The minimum atomic E-state index is -1.29. The number of ether oxygens (including phenoxy) is 2. The van der Waals surface area contributed by atoms with Gasteiger partial charge in [-0.05, 0) is 107 Å². The van der Waals surface area contributed by atoms with Crippen molar-refractivity contribution < 1.29 is 65.6 Å². The molecule has 0 aromatic rings. The summed E-state index contributed by atoms with van der Waals surface area (Å²) in [5, 5.41) is 36.6. The number of aliphatic carboxylic acids is 4. The van der Waals surface area contributed by atoms with Crippen molar-refractivity contribution in [2.75, 3.05) is 13.1 Å². The van der Waals surface area contributed by atoms with Gasteiger partial charge in [-0.25, -0.2) is 9.59 Å². The van der Waals surface area contributed by atoms with Crippen LogP contribution in [-0.4, -0.2) is 114 Å². The van der Waals surface area contributed by atoms with Gasteiger partial charge in [-0.15, -0.1) is 0 Å². The van der Waals surface area contributed by atoms with Gasteiger partial charge in [0.2, 0.25) is 0 Å². The zero-order valence-electron chi connectivity index (χ0n) is 41.6. The number of rotatable bonds is 32. The molecule has 0 aliphatic carbocycles. The molecule has 2 aliphatic rings. The number of carboxylic acids is 4. The molecular formula is C50H94N2NiO10. The molecule has 2 atom stereocenters. The van der Waals surface area contributed by atoms with E-state index < -0.39 is 48.9 Å². The van der Waals surface area contributed by atoms with E-state index in [1.54, 1.807) is 0 Å². The quantitative estimate of drug-likeness (QED) is 0.0372. The minimum Gasteiger partial charge on any atom is -0.481 e. The predicted octanol–water partition coefficient (Wildman–Crippen LogP) is 11.7. The van der Waals surface area contributed by atoms with E-state index in [-0.39, 0.29) is 50.9 Å². The van der Waals surface area contributed by atoms with Gasteiger partial charge < -0.3 is 29.9 Å². The molecule has 63 heavy (non-hydrogen) atoms. The summed E-state index contributed by atoms with van der Waals surface area (Å²) in [5.41, 5.74) is -0.508. The fraction of sp³-hybridized carbons (Fsp3) is 0.920. The molecule has 0 aromatic carbocycles. The smallest absolute Gasteiger partial charge is 0.333 e. The summed E-state index contributed by atoms with van der Waals surface area (Å²) in [5.74, 6) is -4.70. The number of unbranched alkanes of at least 4 members (excludes halogenated alkanes) is 18. The van der Waals surface area contributed by atoms with Crippen LogP contribution in [0.2, 0.25) is 0 Å². The number of carboxylic acid groups (broad SMARTS) is 4. The van der Waals surface area contributed by atoms with Gasteiger partial charge in [0.15, 0.2) is 12.2 Å². The Morgan fingerprint density at radius 1 is 0.444 bits per heavy atom. The molecule has 2 saturated heterocycles. The summed E-state index contributed by atoms with van der Waals surface area (Å²) in [4.78, 5) is 49.9. The number of nitrogens with zero attached hydrogens (tertiary/aromatic N) is 2. The zero-order chi connectivity index (χ0) is 47.0. The molecule has 2 heterocycles. The van der Waals surface area contributed by atoms with E-state index in [1.165, 1.54) is 128 Å². The van der Waals surface area contributed by atoms with E-state index in [0.717, 1.165) is 13.1 Å². The standard InChI is InChI=1S/2C25H47NO5.Ni/c2*1-6-7-8-9-10-11-12-13-14-15-16-26-24(2,3)18-20(19-25(26,4)5)31-21(23(29)30)17-22(27)28;/h2*20-21H,6-19H2,1-5H3,(H,27,28)(H,29,30);. The van der Waals surface area contributed by atoms with Gasteiger partial charge >= 0.3 is 23.9 Å². The number of hydrogen-bond donors (Lipinski definition) is 4. The third-order valence-electron chi connectivity index (χ3n) is 13.3. The maximum atomic E-state index is 11.4. The molecular weight excluding hydrogens is 847 g/mol. The molecule has 12 nitrogen and oxygen atoms in total. The maximum Gasteiger partial charge on any atom is 0.333 e. The van der Waals surface area contributed by atoms with Gasteiger partial charge in [-0.1, -0.05) is 129 Å². The van der Waals surface area contributed by atoms with Gasteiger partial charge in [0.05, 0.1) is 25.0 Å². The number of hydrogen-bond acceptors (Lipinski definition) is 8. The molecule has 2 unspecified atom stereocenters. The first kappa shape index (κ1) is 61.2. The third kappa shape index (κ3) is 25.1. The molecule has 2 rings (SSSR count). The maximum absolute atomic E-state index is 11.4. The van der Waals surface area contributed by atoms with Crippen molar-refractivity contribution in [1.29, 1.82) is 0 Å². The molecule has 0 saturated carbocycles. The van der Waals surface area contributed by atoms with Crippen LogP contribution in [0.25, 0.3) is 0 Å². The van der Waals surface area contributed by atoms with Gasteiger partial charge in [-0.3, -0.25) is 19.4 Å². The summed E-state index contributed by atoms with van der Waals surface area (Å²) < 4.78 is 11.6. The molecule has 2 fully saturated rings. The zero-order valence-corrected chi connectivity index (χ0v) is 42.5. The topological polar surface area (TPSA) is 174 Å². The molecule has 0 amide bonds. The van der Waals surface area contributed by atoms with Crippen LogP contribution in [0.1, 0.15) is 236 Å². The first-order valence-corrected chi connectivity index (χ1v) is 24.7. The Kier molecular flexibility index (Phi) is 30.3. The van der Waals surface area contributed by atoms with E-state index in [1.807, 2.05) is 0 Å². The molecule has 374 valence electrons. The second-order valence-corrected chi connectivity index (χ2v) is 21.1. The Labute approximate surface area is 393 Å². The largest absolute Gasteiger partial charge is 0.481 e. The van der Waals surface area contributed by atoms with Crippen molar-refractivity contribution in [3.8, 4) is 0 Å². The average molecular weight is 942 g/mol. The SMILES string of the molecule is CCCCCCCCCCCCN1C(C)(C)CC(OC(CC(=O)O)C(=O)O)CC1(C)C.CCCCCCCCCCCCN1C(C)(C)CC(OC(CC(=O)O)C(=O)O)CC1(C)C.[Ni]. The first-order valence-electron chi connectivity index (χ1n) is 24.7. The number of carbonyl (C=O) groups is 4. The molecule has 13 heteroatoms. The Morgan fingerprint density at radius 2 is 0.667 bits per heavy atom. The second-order valence-electron chi connectivity index (χ2n) is 21.1. The van der Waals surface area contributed by atoms with Crippen molar-refractivity contribution in [2.45, 2.75) is 283 Å². The van der Waals surface area contributed by atoms with Crippen molar-refractivity contribution in [1.82, 2.24) is 9.80 Å². The summed E-state index contributed by atoms with van der Waals surface area (Å²) in [6.45, 7) is 24.1. The molecule has 0 radical (unpaired) electrons. The van der Waals surface area contributed by atoms with E-state index in [2.05, 4.69) is 79.0 Å². The van der Waals surface area contributed by atoms with Crippen LogP contribution in [0, 0.1) is 0 Å². The predicted molar refractivity (Wildman–Crippen MR) is 249 cm³/mol. The van der Waals surface area contributed by atoms with Crippen molar-refractivity contribution in [3.05, 3.63) is 0 Å². The molecule has 0 bridgehead atoms. The minimum absolute atomic E-state index is 0. The van der Waals surface area contributed by atoms with Gasteiger partial charge in [0.25, 0.3) is 0 Å². The van der Waals surface area contributed by atoms with Crippen molar-refractivity contribution in [2.24, 2.45) is 0 Å². The Bertz CT molecular complexity index is 1160. The van der Waals surface area contributed by atoms with Crippen LogP contribution in [0.4, 0.5) is 0 Å². The summed E-state index contributed by atoms with van der Waals surface area (Å²) in [6.07, 6.45) is 25.1. The monoisotopic (exact) mass is 941 g/mol. The molecule has 4 N–H and O–H groups in total. The van der Waals surface area contributed by atoms with Crippen LogP contribution >= 0.6 is 0 Å². The first-order chi connectivity index (χ1) is 29.0. The molecule has 0 aromatic heterocycles. The van der Waals surface area contributed by atoms with Crippen LogP contribution in [-0.2, 0) is 45.1 Å². The summed E-state index contributed by atoms with van der Waals surface area (Å²) in [6, 6.07) is 0. The van der Waals surface area contributed by atoms with Crippen LogP contribution < -0.4 is 0 Å². The Balaban J connectivity index is 0.00000120. The third-order valence-corrected chi connectivity index (χ3v) is 13.3. The number of likely N-dealkylation sites (tertiary alicyclic amines) is 2. The van der Waals surface area contributed by atoms with E-state index in [4.69, 9.17) is 19.7 Å². The van der Waals surface area contributed by atoms with E-state index >= 15 is 0 Å². The van der Waals surface area contributed by atoms with E-state index in [0.29, 0.717) is 25.7 Å². The second kappa shape index (κ2) is 31.2. The van der Waals surface area contributed by atoms with Crippen LogP contribution in [0.5, 0.6) is 0 Å². The van der Waals surface area contributed by atoms with Gasteiger partial charge in [0, 0.05) is 38.6 Å².